The summed E-state index contributed by atoms with van der Waals surface area (Å²) in [6.45, 7) is 1.98. The summed E-state index contributed by atoms with van der Waals surface area (Å²) in [5, 5.41) is 2.62. The van der Waals surface area contributed by atoms with E-state index in [1.807, 2.05) is 4.90 Å². The molecule has 0 radical (unpaired) electrons. The monoisotopic (exact) mass is 458 g/mol. The Morgan fingerprint density at radius 2 is 1.89 bits per heavy atom. The van der Waals surface area contributed by atoms with Gasteiger partial charge in [0.25, 0.3) is 5.91 Å². The van der Waals surface area contributed by atoms with Crippen LogP contribution in [-0.2, 0) is 10.9 Å². The molecule has 28 heavy (non-hydrogen) atoms. The minimum atomic E-state index is -4.52. The zero-order chi connectivity index (χ0) is 20.3. The molecule has 3 rings (SSSR count). The van der Waals surface area contributed by atoms with Gasteiger partial charge in [-0.1, -0.05) is 15.9 Å². The van der Waals surface area contributed by atoms with E-state index in [0.717, 1.165) is 12.1 Å². The van der Waals surface area contributed by atoms with Crippen LogP contribution in [0, 0.1) is 0 Å². The Hall–Kier alpha value is -2.26. The molecule has 150 valence electrons. The fourth-order valence-corrected chi connectivity index (χ4v) is 3.30. The number of morpholine rings is 1. The van der Waals surface area contributed by atoms with Crippen LogP contribution in [0.25, 0.3) is 0 Å². The number of carbonyl (C=O) groups is 1. The highest BCUT2D eigenvalue weighted by molar-refractivity contribution is 9.10. The predicted octanol–water partition coefficient (Wildman–Crippen LogP) is 4.57. The van der Waals surface area contributed by atoms with Crippen LogP contribution in [0.1, 0.15) is 15.9 Å². The molecule has 0 saturated carbocycles. The minimum absolute atomic E-state index is 0.0868. The van der Waals surface area contributed by atoms with E-state index in [1.165, 1.54) is 13.2 Å². The topological polar surface area (TPSA) is 50.8 Å². The Balaban J connectivity index is 1.98. The molecule has 1 heterocycles. The van der Waals surface area contributed by atoms with Crippen molar-refractivity contribution >= 4 is 33.2 Å². The van der Waals surface area contributed by atoms with Gasteiger partial charge in [-0.15, -0.1) is 0 Å². The van der Waals surface area contributed by atoms with Gasteiger partial charge < -0.3 is 19.7 Å². The molecule has 0 aliphatic carbocycles. The third kappa shape index (κ3) is 4.59. The second-order valence-corrected chi connectivity index (χ2v) is 7.04. The first-order chi connectivity index (χ1) is 13.3. The van der Waals surface area contributed by atoms with E-state index >= 15 is 0 Å². The summed E-state index contributed by atoms with van der Waals surface area (Å²) in [5.74, 6) is -0.243. The average Bonchev–Trinajstić information content (AvgIpc) is 2.68. The first-order valence-electron chi connectivity index (χ1n) is 8.48. The van der Waals surface area contributed by atoms with Crippen molar-refractivity contribution in [2.45, 2.75) is 6.18 Å². The summed E-state index contributed by atoms with van der Waals surface area (Å²) in [5.41, 5.74) is -0.0226. The zero-order valence-corrected chi connectivity index (χ0v) is 16.6. The molecule has 5 nitrogen and oxygen atoms in total. The lowest BCUT2D eigenvalue weighted by molar-refractivity contribution is -0.137. The van der Waals surface area contributed by atoms with Crippen LogP contribution < -0.4 is 15.0 Å². The lowest BCUT2D eigenvalue weighted by Gasteiger charge is -2.31. The highest BCUT2D eigenvalue weighted by atomic mass is 79.9. The van der Waals surface area contributed by atoms with Gasteiger partial charge in [0, 0.05) is 17.6 Å². The third-order valence-corrected chi connectivity index (χ3v) is 4.82. The maximum atomic E-state index is 13.2. The van der Waals surface area contributed by atoms with Gasteiger partial charge in [0.15, 0.2) is 0 Å². The fraction of sp³-hybridized carbons (Fsp3) is 0.316. The van der Waals surface area contributed by atoms with E-state index in [0.29, 0.717) is 42.2 Å². The Kier molecular flexibility index (Phi) is 6.14. The van der Waals surface area contributed by atoms with E-state index in [4.69, 9.17) is 9.47 Å². The van der Waals surface area contributed by atoms with Crippen LogP contribution in [0.15, 0.2) is 40.9 Å². The summed E-state index contributed by atoms with van der Waals surface area (Å²) >= 11 is 3.29. The standard InChI is InChI=1S/C19H18BrF3N2O3/c1-27-17-5-3-13(20)11-14(17)18(26)24-15-10-12(19(21,22)23)2-4-16(15)25-6-8-28-9-7-25/h2-5,10-11H,6-9H2,1H3,(H,24,26). The predicted molar refractivity (Wildman–Crippen MR) is 103 cm³/mol. The van der Waals surface area contributed by atoms with Gasteiger partial charge >= 0.3 is 6.18 Å². The van der Waals surface area contributed by atoms with Gasteiger partial charge in [-0.3, -0.25) is 4.79 Å². The van der Waals surface area contributed by atoms with Crippen LogP contribution in [-0.4, -0.2) is 39.3 Å². The lowest BCUT2D eigenvalue weighted by atomic mass is 10.1. The molecule has 1 amide bonds. The minimum Gasteiger partial charge on any atom is -0.496 e. The van der Waals surface area contributed by atoms with Gasteiger partial charge in [0.2, 0.25) is 0 Å². The van der Waals surface area contributed by atoms with Crippen molar-refractivity contribution in [2.24, 2.45) is 0 Å². The number of nitrogens with zero attached hydrogens (tertiary/aromatic N) is 1. The largest absolute Gasteiger partial charge is 0.496 e. The van der Waals surface area contributed by atoms with Crippen molar-refractivity contribution < 1.29 is 27.4 Å². The molecule has 1 fully saturated rings. The van der Waals surface area contributed by atoms with E-state index in [-0.39, 0.29) is 11.3 Å². The second-order valence-electron chi connectivity index (χ2n) is 6.13. The molecule has 0 spiro atoms. The first kappa shape index (κ1) is 20.5. The van der Waals surface area contributed by atoms with Crippen LogP contribution in [0.5, 0.6) is 5.75 Å². The number of amides is 1. The fourth-order valence-electron chi connectivity index (χ4n) is 2.94. The number of methoxy groups -OCH3 is 1. The van der Waals surface area contributed by atoms with E-state index < -0.39 is 17.6 Å². The number of alkyl halides is 3. The van der Waals surface area contributed by atoms with E-state index in [2.05, 4.69) is 21.2 Å². The number of ether oxygens (including phenoxy) is 2. The highest BCUT2D eigenvalue weighted by Crippen LogP contribution is 2.36. The molecule has 0 bridgehead atoms. The van der Waals surface area contributed by atoms with Gasteiger partial charge in [-0.25, -0.2) is 0 Å². The van der Waals surface area contributed by atoms with Gasteiger partial charge in [-0.2, -0.15) is 13.2 Å². The summed E-state index contributed by atoms with van der Waals surface area (Å²) in [4.78, 5) is 14.7. The van der Waals surface area contributed by atoms with Crippen molar-refractivity contribution in [2.75, 3.05) is 43.6 Å². The van der Waals surface area contributed by atoms with Gasteiger partial charge in [0.05, 0.1) is 42.8 Å². The van der Waals surface area contributed by atoms with Crippen LogP contribution in [0.3, 0.4) is 0 Å². The Morgan fingerprint density at radius 1 is 1.18 bits per heavy atom. The average molecular weight is 459 g/mol. The molecule has 2 aromatic rings. The van der Waals surface area contributed by atoms with Crippen molar-refractivity contribution in [3.63, 3.8) is 0 Å². The van der Waals surface area contributed by atoms with Crippen molar-refractivity contribution in [3.05, 3.63) is 52.0 Å². The van der Waals surface area contributed by atoms with E-state index in [9.17, 15) is 18.0 Å². The molecule has 0 unspecified atom stereocenters. The first-order valence-corrected chi connectivity index (χ1v) is 9.27. The molecule has 0 aromatic heterocycles. The van der Waals surface area contributed by atoms with Crippen LogP contribution in [0.4, 0.5) is 24.5 Å². The SMILES string of the molecule is COc1ccc(Br)cc1C(=O)Nc1cc(C(F)(F)F)ccc1N1CCOCC1. The normalized spacial score (nSPS) is 14.7. The Bertz CT molecular complexity index is 868. The molecule has 1 saturated heterocycles. The van der Waals surface area contributed by atoms with Gasteiger partial charge in [-0.05, 0) is 36.4 Å². The van der Waals surface area contributed by atoms with E-state index in [1.54, 1.807) is 18.2 Å². The third-order valence-electron chi connectivity index (χ3n) is 4.33. The number of halogens is 4. The Morgan fingerprint density at radius 3 is 2.54 bits per heavy atom. The quantitative estimate of drug-likeness (QED) is 0.729. The molecule has 1 aliphatic rings. The molecular weight excluding hydrogens is 441 g/mol. The lowest BCUT2D eigenvalue weighted by Crippen LogP contribution is -2.36. The van der Waals surface area contributed by atoms with Crippen molar-refractivity contribution in [1.29, 1.82) is 0 Å². The second kappa shape index (κ2) is 8.40. The zero-order valence-electron chi connectivity index (χ0n) is 15.0. The molecule has 9 heteroatoms. The summed E-state index contributed by atoms with van der Waals surface area (Å²) < 4.78 is 50.8. The molecule has 2 aromatic carbocycles. The maximum absolute atomic E-state index is 13.2. The van der Waals surface area contributed by atoms with Crippen LogP contribution in [0.2, 0.25) is 0 Å². The number of carbonyl (C=O) groups excluding carboxylic acids is 1. The molecule has 1 aliphatic heterocycles. The molecule has 1 N–H and O–H groups in total. The van der Waals surface area contributed by atoms with Crippen LogP contribution >= 0.6 is 15.9 Å². The maximum Gasteiger partial charge on any atom is 0.416 e. The number of hydrogen-bond acceptors (Lipinski definition) is 4. The molecular formula is C19H18BrF3N2O3. The number of anilines is 2. The summed E-state index contributed by atoms with van der Waals surface area (Å²) in [7, 11) is 1.42. The number of nitrogens with one attached hydrogen (secondary N) is 1. The molecule has 0 atom stereocenters. The van der Waals surface area contributed by atoms with Gasteiger partial charge in [0.1, 0.15) is 5.75 Å². The summed E-state index contributed by atoms with van der Waals surface area (Å²) in [6, 6.07) is 8.21. The number of benzene rings is 2. The highest BCUT2D eigenvalue weighted by Gasteiger charge is 2.32. The van der Waals surface area contributed by atoms with Crippen molar-refractivity contribution in [3.8, 4) is 5.75 Å². The number of hydrogen-bond donors (Lipinski definition) is 1. The number of rotatable bonds is 4. The summed E-state index contributed by atoms with van der Waals surface area (Å²) in [6.07, 6.45) is -4.52. The Labute approximate surface area is 168 Å². The van der Waals surface area contributed by atoms with Crippen molar-refractivity contribution in [1.82, 2.24) is 0 Å². The smallest absolute Gasteiger partial charge is 0.416 e.